The highest BCUT2D eigenvalue weighted by Crippen LogP contribution is 2.28. The maximum absolute atomic E-state index is 11.0. The number of rotatable bonds is 7. The standard InChI is InChI=1S/C12H15N5O2S/c1-2-5-13-10-6-9(3-4-11(10)17(18)19)7-20-12-14-8-15-16-12/h3-4,6,8,13H,2,5,7H2,1H3,(H,14,15,16). The zero-order valence-corrected chi connectivity index (χ0v) is 11.8. The molecule has 1 aromatic heterocycles. The normalized spacial score (nSPS) is 10.4. The Bertz CT molecular complexity index is 573. The fraction of sp³-hybridized carbons (Fsp3) is 0.333. The zero-order valence-electron chi connectivity index (χ0n) is 11.0. The first-order valence-corrected chi connectivity index (χ1v) is 7.18. The molecule has 0 saturated carbocycles. The summed E-state index contributed by atoms with van der Waals surface area (Å²) in [7, 11) is 0. The Kier molecular flexibility index (Phi) is 4.94. The molecule has 2 aromatic rings. The fourth-order valence-corrected chi connectivity index (χ4v) is 2.37. The molecule has 1 aromatic carbocycles. The SMILES string of the molecule is CCCNc1cc(CSc2ncn[nH]2)ccc1[N+](=O)[O-]. The number of aromatic nitrogens is 3. The van der Waals surface area contributed by atoms with Gasteiger partial charge < -0.3 is 5.32 Å². The topological polar surface area (TPSA) is 96.7 Å². The number of nitro groups is 1. The summed E-state index contributed by atoms with van der Waals surface area (Å²) in [5, 5.41) is 21.3. The van der Waals surface area contributed by atoms with E-state index in [-0.39, 0.29) is 10.6 Å². The van der Waals surface area contributed by atoms with Crippen LogP contribution in [0.1, 0.15) is 18.9 Å². The highest BCUT2D eigenvalue weighted by molar-refractivity contribution is 7.98. The van der Waals surface area contributed by atoms with Gasteiger partial charge in [0.05, 0.1) is 4.92 Å². The number of nitro benzene ring substituents is 1. The fourth-order valence-electron chi connectivity index (χ4n) is 1.65. The van der Waals surface area contributed by atoms with E-state index in [0.29, 0.717) is 18.0 Å². The molecule has 0 bridgehead atoms. The average Bonchev–Trinajstić information content (AvgIpc) is 2.96. The third-order valence-electron chi connectivity index (χ3n) is 2.59. The number of aromatic amines is 1. The van der Waals surface area contributed by atoms with Crippen LogP contribution in [0.4, 0.5) is 11.4 Å². The van der Waals surface area contributed by atoms with Crippen molar-refractivity contribution in [3.63, 3.8) is 0 Å². The summed E-state index contributed by atoms with van der Waals surface area (Å²) in [5.41, 5.74) is 1.66. The summed E-state index contributed by atoms with van der Waals surface area (Å²) < 4.78 is 0. The van der Waals surface area contributed by atoms with Crippen LogP contribution in [-0.2, 0) is 5.75 Å². The minimum atomic E-state index is -0.370. The van der Waals surface area contributed by atoms with Crippen LogP contribution in [-0.4, -0.2) is 26.6 Å². The monoisotopic (exact) mass is 293 g/mol. The number of benzene rings is 1. The van der Waals surface area contributed by atoms with Crippen LogP contribution in [0.5, 0.6) is 0 Å². The van der Waals surface area contributed by atoms with Crippen molar-refractivity contribution in [2.24, 2.45) is 0 Å². The number of anilines is 1. The number of nitrogens with zero attached hydrogens (tertiary/aromatic N) is 3. The van der Waals surface area contributed by atoms with Gasteiger partial charge >= 0.3 is 0 Å². The number of nitrogens with one attached hydrogen (secondary N) is 2. The van der Waals surface area contributed by atoms with Gasteiger partial charge in [0, 0.05) is 18.4 Å². The molecule has 0 aliphatic heterocycles. The predicted molar refractivity (Wildman–Crippen MR) is 77.8 cm³/mol. The molecule has 1 heterocycles. The Morgan fingerprint density at radius 1 is 1.50 bits per heavy atom. The lowest BCUT2D eigenvalue weighted by Crippen LogP contribution is -2.03. The van der Waals surface area contributed by atoms with E-state index in [1.54, 1.807) is 6.07 Å². The van der Waals surface area contributed by atoms with E-state index < -0.39 is 0 Å². The van der Waals surface area contributed by atoms with Gasteiger partial charge in [0.15, 0.2) is 5.16 Å². The van der Waals surface area contributed by atoms with Gasteiger partial charge in [-0.3, -0.25) is 15.2 Å². The predicted octanol–water partition coefficient (Wildman–Crippen LogP) is 2.83. The third-order valence-corrected chi connectivity index (χ3v) is 3.54. The molecular formula is C12H15N5O2S. The molecule has 0 unspecified atom stereocenters. The van der Waals surface area contributed by atoms with E-state index in [2.05, 4.69) is 20.5 Å². The molecule has 7 nitrogen and oxygen atoms in total. The van der Waals surface area contributed by atoms with Crippen LogP contribution in [0.2, 0.25) is 0 Å². The molecular weight excluding hydrogens is 278 g/mol. The van der Waals surface area contributed by atoms with Crippen LogP contribution in [0, 0.1) is 10.1 Å². The first-order valence-electron chi connectivity index (χ1n) is 6.20. The van der Waals surface area contributed by atoms with Gasteiger partial charge in [-0.1, -0.05) is 24.8 Å². The minimum absolute atomic E-state index is 0.104. The lowest BCUT2D eigenvalue weighted by atomic mass is 10.2. The second-order valence-corrected chi connectivity index (χ2v) is 5.08. The Morgan fingerprint density at radius 3 is 3.00 bits per heavy atom. The van der Waals surface area contributed by atoms with Gasteiger partial charge in [0.1, 0.15) is 12.0 Å². The molecule has 0 fully saturated rings. The smallest absolute Gasteiger partial charge is 0.292 e. The molecule has 0 atom stereocenters. The van der Waals surface area contributed by atoms with Gasteiger partial charge in [-0.2, -0.15) is 5.10 Å². The number of hydrogen-bond acceptors (Lipinski definition) is 6. The van der Waals surface area contributed by atoms with E-state index in [1.807, 2.05) is 13.0 Å². The molecule has 0 spiro atoms. The first-order chi connectivity index (χ1) is 9.70. The molecule has 8 heteroatoms. The van der Waals surface area contributed by atoms with Crippen LogP contribution < -0.4 is 5.32 Å². The average molecular weight is 293 g/mol. The Labute approximate surface area is 120 Å². The largest absolute Gasteiger partial charge is 0.379 e. The summed E-state index contributed by atoms with van der Waals surface area (Å²) in [6.45, 7) is 2.72. The molecule has 2 rings (SSSR count). The number of hydrogen-bond donors (Lipinski definition) is 2. The van der Waals surface area contributed by atoms with Crippen LogP contribution in [0.25, 0.3) is 0 Å². The van der Waals surface area contributed by atoms with Crippen molar-refractivity contribution >= 4 is 23.1 Å². The first kappa shape index (κ1) is 14.3. The van der Waals surface area contributed by atoms with Crippen molar-refractivity contribution in [1.82, 2.24) is 15.2 Å². The maximum atomic E-state index is 11.0. The number of thioether (sulfide) groups is 1. The van der Waals surface area contributed by atoms with Crippen molar-refractivity contribution in [1.29, 1.82) is 0 Å². The second-order valence-electron chi connectivity index (χ2n) is 4.11. The van der Waals surface area contributed by atoms with Crippen molar-refractivity contribution in [3.05, 3.63) is 40.2 Å². The van der Waals surface area contributed by atoms with Crippen molar-refractivity contribution in [2.45, 2.75) is 24.3 Å². The molecule has 106 valence electrons. The highest BCUT2D eigenvalue weighted by atomic mass is 32.2. The summed E-state index contributed by atoms with van der Waals surface area (Å²) in [4.78, 5) is 14.6. The van der Waals surface area contributed by atoms with Crippen molar-refractivity contribution in [2.75, 3.05) is 11.9 Å². The lowest BCUT2D eigenvalue weighted by Gasteiger charge is -2.08. The van der Waals surface area contributed by atoms with Crippen molar-refractivity contribution in [3.8, 4) is 0 Å². The van der Waals surface area contributed by atoms with Gasteiger partial charge in [0.25, 0.3) is 5.69 Å². The van der Waals surface area contributed by atoms with E-state index in [4.69, 9.17) is 0 Å². The maximum Gasteiger partial charge on any atom is 0.292 e. The lowest BCUT2D eigenvalue weighted by molar-refractivity contribution is -0.384. The molecule has 20 heavy (non-hydrogen) atoms. The Balaban J connectivity index is 2.11. The van der Waals surface area contributed by atoms with Gasteiger partial charge in [0.2, 0.25) is 0 Å². The van der Waals surface area contributed by atoms with E-state index in [1.165, 1.54) is 24.2 Å². The van der Waals surface area contributed by atoms with E-state index in [9.17, 15) is 10.1 Å². The Hall–Kier alpha value is -2.09. The summed E-state index contributed by atoms with van der Waals surface area (Å²) in [6.07, 6.45) is 2.36. The van der Waals surface area contributed by atoms with Gasteiger partial charge in [-0.25, -0.2) is 4.98 Å². The van der Waals surface area contributed by atoms with Gasteiger partial charge in [-0.05, 0) is 18.1 Å². The summed E-state index contributed by atoms with van der Waals surface area (Å²) in [5.74, 6) is 0.675. The van der Waals surface area contributed by atoms with E-state index >= 15 is 0 Å². The molecule has 0 saturated heterocycles. The molecule has 0 aliphatic carbocycles. The van der Waals surface area contributed by atoms with E-state index in [0.717, 1.165) is 17.1 Å². The zero-order chi connectivity index (χ0) is 14.4. The van der Waals surface area contributed by atoms with Crippen LogP contribution in [0.3, 0.4) is 0 Å². The van der Waals surface area contributed by atoms with Gasteiger partial charge in [-0.15, -0.1) is 0 Å². The third kappa shape index (κ3) is 3.70. The van der Waals surface area contributed by atoms with Crippen molar-refractivity contribution < 1.29 is 4.92 Å². The second kappa shape index (κ2) is 6.90. The summed E-state index contributed by atoms with van der Waals surface area (Å²) in [6, 6.07) is 5.12. The molecule has 0 aliphatic rings. The minimum Gasteiger partial charge on any atom is -0.379 e. The molecule has 0 radical (unpaired) electrons. The highest BCUT2D eigenvalue weighted by Gasteiger charge is 2.13. The number of H-pyrrole nitrogens is 1. The Morgan fingerprint density at radius 2 is 2.35 bits per heavy atom. The molecule has 2 N–H and O–H groups in total. The van der Waals surface area contributed by atoms with Crippen LogP contribution >= 0.6 is 11.8 Å². The quantitative estimate of drug-likeness (QED) is 0.463. The molecule has 0 amide bonds. The summed E-state index contributed by atoms with van der Waals surface area (Å²) >= 11 is 1.50. The van der Waals surface area contributed by atoms with Crippen LogP contribution in [0.15, 0.2) is 29.7 Å².